The Balaban J connectivity index is 1.56. The van der Waals surface area contributed by atoms with Crippen LogP contribution in [0.3, 0.4) is 0 Å². The van der Waals surface area contributed by atoms with Crippen LogP contribution < -0.4 is 15.0 Å². The Hall–Kier alpha value is -2.59. The van der Waals surface area contributed by atoms with Crippen LogP contribution in [0.1, 0.15) is 37.6 Å². The SMILES string of the molecule is [B]C([B])([B])Oc1cc(F)c2nc(N3CC[C@@H](N[C@H]4CCOC4)C[C@H]3C)c(-c3nc(C)no3)c(C)c2c1. The molecule has 1 N–H and O–H groups in total. The summed E-state index contributed by atoms with van der Waals surface area (Å²) >= 11 is 0. The molecule has 3 aromatic rings. The third-order valence-corrected chi connectivity index (χ3v) is 6.84. The van der Waals surface area contributed by atoms with Gasteiger partial charge in [-0.25, -0.2) is 9.37 Å². The summed E-state index contributed by atoms with van der Waals surface area (Å²) in [4.78, 5) is 11.4. The molecule has 2 aromatic heterocycles. The van der Waals surface area contributed by atoms with Crippen LogP contribution in [0.5, 0.6) is 5.75 Å². The molecule has 0 bridgehead atoms. The summed E-state index contributed by atoms with van der Waals surface area (Å²) in [5.41, 5.74) is 1.57. The van der Waals surface area contributed by atoms with Gasteiger partial charge >= 0.3 is 0 Å². The maximum absolute atomic E-state index is 15.3. The summed E-state index contributed by atoms with van der Waals surface area (Å²) < 4.78 is 31.7. The lowest BCUT2D eigenvalue weighted by molar-refractivity contribution is 0.185. The van der Waals surface area contributed by atoms with Crippen molar-refractivity contribution in [2.24, 2.45) is 0 Å². The number of piperidine rings is 1. The van der Waals surface area contributed by atoms with Crippen LogP contribution in [0.25, 0.3) is 22.4 Å². The third kappa shape index (κ3) is 5.11. The number of nitrogens with one attached hydrogen (secondary N) is 1. The fourth-order valence-electron chi connectivity index (χ4n) is 5.20. The van der Waals surface area contributed by atoms with E-state index in [9.17, 15) is 0 Å². The molecule has 4 heterocycles. The van der Waals surface area contributed by atoms with Gasteiger partial charge in [0.05, 0.1) is 12.2 Å². The van der Waals surface area contributed by atoms with E-state index in [2.05, 4.69) is 27.3 Å². The number of benzene rings is 1. The number of pyridine rings is 1. The maximum atomic E-state index is 15.3. The zero-order valence-electron chi connectivity index (χ0n) is 20.8. The molecule has 5 rings (SSSR count). The van der Waals surface area contributed by atoms with Gasteiger partial charge in [0, 0.05) is 42.7 Å². The summed E-state index contributed by atoms with van der Waals surface area (Å²) in [5, 5.41) is 6.25. The van der Waals surface area contributed by atoms with Crippen molar-refractivity contribution in [3.8, 4) is 17.2 Å². The number of fused-ring (bicyclic) bond motifs is 1. The van der Waals surface area contributed by atoms with Gasteiger partial charge in [-0.2, -0.15) is 4.98 Å². The number of aromatic nitrogens is 3. The number of rotatable bonds is 6. The number of anilines is 1. The summed E-state index contributed by atoms with van der Waals surface area (Å²) in [6.45, 7) is 8.07. The summed E-state index contributed by atoms with van der Waals surface area (Å²) in [5.74, 6) is 0.941. The van der Waals surface area contributed by atoms with E-state index in [1.54, 1.807) is 13.0 Å². The zero-order valence-corrected chi connectivity index (χ0v) is 20.8. The fourth-order valence-corrected chi connectivity index (χ4v) is 5.20. The van der Waals surface area contributed by atoms with Gasteiger partial charge < -0.3 is 24.2 Å². The number of nitrogens with zero attached hydrogens (tertiary/aromatic N) is 4. The Morgan fingerprint density at radius 1 is 1.17 bits per heavy atom. The topological polar surface area (TPSA) is 85.5 Å². The van der Waals surface area contributed by atoms with Crippen LogP contribution in [0.4, 0.5) is 10.2 Å². The highest BCUT2D eigenvalue weighted by atomic mass is 19.1. The minimum atomic E-state index is -1.95. The molecule has 36 heavy (non-hydrogen) atoms. The summed E-state index contributed by atoms with van der Waals surface area (Å²) in [6.07, 6.45) is 2.87. The van der Waals surface area contributed by atoms with Crippen molar-refractivity contribution < 1.29 is 18.4 Å². The molecule has 0 saturated carbocycles. The quantitative estimate of drug-likeness (QED) is 0.533. The van der Waals surface area contributed by atoms with Crippen LogP contribution >= 0.6 is 0 Å². The van der Waals surface area contributed by atoms with Gasteiger partial charge in [-0.1, -0.05) is 5.16 Å². The van der Waals surface area contributed by atoms with Crippen molar-refractivity contribution in [3.05, 3.63) is 29.3 Å². The van der Waals surface area contributed by atoms with Gasteiger partial charge in [0.2, 0.25) is 0 Å². The molecule has 6 radical (unpaired) electrons. The first-order valence-electron chi connectivity index (χ1n) is 12.2. The van der Waals surface area contributed by atoms with E-state index in [1.165, 1.54) is 6.07 Å². The second kappa shape index (κ2) is 9.70. The Labute approximate surface area is 213 Å². The predicted molar refractivity (Wildman–Crippen MR) is 137 cm³/mol. The van der Waals surface area contributed by atoms with Gasteiger partial charge in [0.1, 0.15) is 40.6 Å². The lowest BCUT2D eigenvalue weighted by atomic mass is 9.52. The first kappa shape index (κ1) is 25.1. The third-order valence-electron chi connectivity index (χ3n) is 6.84. The minimum Gasteiger partial charge on any atom is -0.516 e. The Morgan fingerprint density at radius 3 is 2.61 bits per heavy atom. The molecule has 0 amide bonds. The van der Waals surface area contributed by atoms with E-state index in [0.717, 1.165) is 44.6 Å². The molecule has 1 aromatic carbocycles. The van der Waals surface area contributed by atoms with Gasteiger partial charge in [0.15, 0.2) is 11.6 Å². The van der Waals surface area contributed by atoms with Crippen LogP contribution in [0.15, 0.2) is 16.7 Å². The van der Waals surface area contributed by atoms with Crippen molar-refractivity contribution in [1.82, 2.24) is 20.4 Å². The van der Waals surface area contributed by atoms with E-state index in [1.807, 2.05) is 6.92 Å². The molecule has 2 aliphatic heterocycles. The van der Waals surface area contributed by atoms with Crippen molar-refractivity contribution in [1.29, 1.82) is 0 Å². The molecule has 182 valence electrons. The van der Waals surface area contributed by atoms with Crippen LogP contribution in [-0.2, 0) is 4.74 Å². The second-order valence-electron chi connectivity index (χ2n) is 9.83. The molecule has 0 spiro atoms. The smallest absolute Gasteiger partial charge is 0.261 e. The standard InChI is InChI=1S/C24H27B3FN5O3/c1-12-8-15(30-16-5-7-34-11-16)4-6-33(12)22-20(23-29-14(3)32-36-23)13(2)18-9-17(35-24(25,26)27)10-19(28)21(18)31-22/h9-10,12,15-16,30H,4-8,11H2,1-3H3/t12-,15-,16+/m1/s1. The van der Waals surface area contributed by atoms with Gasteiger partial charge in [-0.15, -0.1) is 0 Å². The molecule has 2 fully saturated rings. The molecule has 0 aliphatic carbocycles. The van der Waals surface area contributed by atoms with Crippen LogP contribution in [0, 0.1) is 19.7 Å². The summed E-state index contributed by atoms with van der Waals surface area (Å²) in [6, 6.07) is 3.70. The molecule has 0 unspecified atom stereocenters. The van der Waals surface area contributed by atoms with Crippen LogP contribution in [0.2, 0.25) is 0 Å². The first-order valence-corrected chi connectivity index (χ1v) is 12.2. The highest BCUT2D eigenvalue weighted by Gasteiger charge is 2.32. The second-order valence-corrected chi connectivity index (χ2v) is 9.83. The first-order chi connectivity index (χ1) is 17.1. The highest BCUT2D eigenvalue weighted by Crippen LogP contribution is 2.40. The molecule has 3 atom stereocenters. The van der Waals surface area contributed by atoms with E-state index < -0.39 is 11.1 Å². The molecule has 2 saturated heterocycles. The average Bonchev–Trinajstić information content (AvgIpc) is 3.45. The van der Waals surface area contributed by atoms with E-state index in [4.69, 9.17) is 42.5 Å². The number of hydrogen-bond acceptors (Lipinski definition) is 8. The number of ether oxygens (including phenoxy) is 2. The monoisotopic (exact) mass is 485 g/mol. The molecular formula is C24H27B3FN5O3. The Morgan fingerprint density at radius 2 is 1.97 bits per heavy atom. The van der Waals surface area contributed by atoms with Crippen molar-refractivity contribution in [3.63, 3.8) is 0 Å². The van der Waals surface area contributed by atoms with E-state index in [-0.39, 0.29) is 17.3 Å². The zero-order chi connectivity index (χ0) is 25.6. The summed E-state index contributed by atoms with van der Waals surface area (Å²) in [7, 11) is 16.7. The van der Waals surface area contributed by atoms with E-state index >= 15 is 4.39 Å². The van der Waals surface area contributed by atoms with Gasteiger partial charge in [0.25, 0.3) is 5.89 Å². The fraction of sp³-hybridized carbons (Fsp3) is 0.542. The molecular weight excluding hydrogens is 458 g/mol. The molecule has 2 aliphatic rings. The Bertz CT molecular complexity index is 1260. The van der Waals surface area contributed by atoms with Gasteiger partial charge in [-0.3, -0.25) is 0 Å². The maximum Gasteiger partial charge on any atom is 0.261 e. The normalized spacial score (nSPS) is 22.9. The van der Waals surface area contributed by atoms with Crippen molar-refractivity contribution in [2.75, 3.05) is 24.7 Å². The van der Waals surface area contributed by atoms with Crippen LogP contribution in [-0.4, -0.2) is 81.8 Å². The Kier molecular flexibility index (Phi) is 6.76. The van der Waals surface area contributed by atoms with E-state index in [0.29, 0.717) is 40.6 Å². The molecule has 12 heteroatoms. The number of aryl methyl sites for hydroxylation is 2. The predicted octanol–water partition coefficient (Wildman–Crippen LogP) is 2.27. The average molecular weight is 485 g/mol. The largest absolute Gasteiger partial charge is 0.516 e. The van der Waals surface area contributed by atoms with Crippen molar-refractivity contribution >= 4 is 40.3 Å². The minimum absolute atomic E-state index is 0.0916. The lowest BCUT2D eigenvalue weighted by Gasteiger charge is -2.40. The van der Waals surface area contributed by atoms with Crippen molar-refractivity contribution in [2.45, 2.75) is 63.5 Å². The molecule has 8 nitrogen and oxygen atoms in total. The lowest BCUT2D eigenvalue weighted by Crippen LogP contribution is -2.50. The van der Waals surface area contributed by atoms with Gasteiger partial charge in [-0.05, 0) is 57.0 Å². The number of halogens is 1. The number of hydrogen-bond donors (Lipinski definition) is 1. The highest BCUT2D eigenvalue weighted by molar-refractivity contribution is 6.58.